The largest absolute Gasteiger partial charge is 0.497 e. The van der Waals surface area contributed by atoms with Crippen molar-refractivity contribution >= 4 is 21.6 Å². The minimum Gasteiger partial charge on any atom is -0.497 e. The van der Waals surface area contributed by atoms with Crippen molar-refractivity contribution in [1.82, 2.24) is 14.9 Å². The molecule has 5 nitrogen and oxygen atoms in total. The van der Waals surface area contributed by atoms with Crippen LogP contribution in [0.3, 0.4) is 0 Å². The van der Waals surface area contributed by atoms with E-state index < -0.39 is 0 Å². The number of nitrogens with zero attached hydrogens (tertiary/aromatic N) is 2. The van der Waals surface area contributed by atoms with Crippen LogP contribution in [-0.2, 0) is 19.3 Å². The average molecular weight is 424 g/mol. The number of rotatable bonds is 6. The standard InChI is InChI=1S/C24H29N3O2S/c1-29-19-9-6-16(7-10-19)12-13-25-17-8-11-20-21(14-17)30-23-22(20)24(28)27(15-26-23)18-4-2-3-5-18/h6-7,9-10,15,17-18,25H,2-5,8,11-14H2,1H3. The Bertz CT molecular complexity index is 1080. The van der Waals surface area contributed by atoms with Gasteiger partial charge in [0.25, 0.3) is 5.56 Å². The summed E-state index contributed by atoms with van der Waals surface area (Å²) in [5.41, 5.74) is 2.78. The second-order valence-electron chi connectivity index (χ2n) is 8.57. The molecule has 158 valence electrons. The highest BCUT2D eigenvalue weighted by molar-refractivity contribution is 7.18. The molecule has 30 heavy (non-hydrogen) atoms. The van der Waals surface area contributed by atoms with E-state index in [0.29, 0.717) is 12.1 Å². The molecule has 1 N–H and O–H groups in total. The molecule has 2 aliphatic rings. The van der Waals surface area contributed by atoms with E-state index in [9.17, 15) is 4.79 Å². The van der Waals surface area contributed by atoms with Crippen molar-refractivity contribution in [1.29, 1.82) is 0 Å². The zero-order chi connectivity index (χ0) is 20.5. The van der Waals surface area contributed by atoms with Crippen LogP contribution in [0.1, 0.15) is 54.1 Å². The van der Waals surface area contributed by atoms with Crippen molar-refractivity contribution in [2.24, 2.45) is 0 Å². The molecule has 1 aromatic carbocycles. The summed E-state index contributed by atoms with van der Waals surface area (Å²) >= 11 is 1.72. The number of thiophene rings is 1. The molecule has 3 aromatic rings. The van der Waals surface area contributed by atoms with Gasteiger partial charge in [0.2, 0.25) is 0 Å². The summed E-state index contributed by atoms with van der Waals surface area (Å²) in [6.45, 7) is 0.962. The minimum atomic E-state index is 0.190. The molecule has 1 unspecified atom stereocenters. The summed E-state index contributed by atoms with van der Waals surface area (Å²) in [5, 5.41) is 4.63. The normalized spacial score (nSPS) is 19.3. The van der Waals surface area contributed by atoms with Crippen LogP contribution in [0.4, 0.5) is 0 Å². The molecular weight excluding hydrogens is 394 g/mol. The van der Waals surface area contributed by atoms with Crippen LogP contribution in [0.25, 0.3) is 10.2 Å². The minimum absolute atomic E-state index is 0.190. The van der Waals surface area contributed by atoms with Gasteiger partial charge in [-0.2, -0.15) is 0 Å². The lowest BCUT2D eigenvalue weighted by molar-refractivity contribution is 0.414. The number of methoxy groups -OCH3 is 1. The van der Waals surface area contributed by atoms with E-state index >= 15 is 0 Å². The van der Waals surface area contributed by atoms with Gasteiger partial charge in [0.1, 0.15) is 10.6 Å². The molecule has 2 aliphatic carbocycles. The van der Waals surface area contributed by atoms with Crippen LogP contribution in [0.15, 0.2) is 35.4 Å². The van der Waals surface area contributed by atoms with Crippen molar-refractivity contribution in [3.63, 3.8) is 0 Å². The first-order chi connectivity index (χ1) is 14.7. The number of benzene rings is 1. The molecule has 1 atom stereocenters. The van der Waals surface area contributed by atoms with E-state index in [1.165, 1.54) is 28.8 Å². The summed E-state index contributed by atoms with van der Waals surface area (Å²) in [6, 6.07) is 9.12. The molecule has 5 rings (SSSR count). The molecule has 2 aromatic heterocycles. The lowest BCUT2D eigenvalue weighted by Crippen LogP contribution is -2.35. The summed E-state index contributed by atoms with van der Waals surface area (Å²) in [6.07, 6.45) is 10.5. The van der Waals surface area contributed by atoms with Gasteiger partial charge in [-0.05, 0) is 68.3 Å². The Balaban J connectivity index is 1.27. The fraction of sp³-hybridized carbons (Fsp3) is 0.500. The van der Waals surface area contributed by atoms with Crippen molar-refractivity contribution in [2.45, 2.75) is 63.5 Å². The SMILES string of the molecule is COc1ccc(CCNC2CCc3c(sc4ncn(C5CCCC5)c(=O)c34)C2)cc1. The molecule has 1 saturated carbocycles. The van der Waals surface area contributed by atoms with Gasteiger partial charge in [-0.3, -0.25) is 9.36 Å². The van der Waals surface area contributed by atoms with Crippen molar-refractivity contribution < 1.29 is 4.74 Å². The van der Waals surface area contributed by atoms with Crippen LogP contribution in [0, 0.1) is 0 Å². The third kappa shape index (κ3) is 3.79. The van der Waals surface area contributed by atoms with E-state index in [1.807, 2.05) is 16.7 Å². The van der Waals surface area contributed by atoms with E-state index in [0.717, 1.165) is 61.0 Å². The Kier molecular flexibility index (Phi) is 5.61. The van der Waals surface area contributed by atoms with E-state index in [2.05, 4.69) is 22.4 Å². The van der Waals surface area contributed by atoms with Crippen LogP contribution >= 0.6 is 11.3 Å². The Morgan fingerprint density at radius 3 is 2.77 bits per heavy atom. The van der Waals surface area contributed by atoms with Crippen molar-refractivity contribution in [3.8, 4) is 5.75 Å². The second kappa shape index (κ2) is 8.52. The number of hydrogen-bond acceptors (Lipinski definition) is 5. The molecule has 6 heteroatoms. The lowest BCUT2D eigenvalue weighted by Gasteiger charge is -2.23. The summed E-state index contributed by atoms with van der Waals surface area (Å²) in [5.74, 6) is 0.900. The smallest absolute Gasteiger partial charge is 0.262 e. The van der Waals surface area contributed by atoms with Gasteiger partial charge in [-0.25, -0.2) is 4.98 Å². The first-order valence-corrected chi connectivity index (χ1v) is 11.9. The third-order valence-electron chi connectivity index (χ3n) is 6.72. The topological polar surface area (TPSA) is 56.1 Å². The maximum atomic E-state index is 13.2. The lowest BCUT2D eigenvalue weighted by atomic mass is 9.93. The monoisotopic (exact) mass is 423 g/mol. The van der Waals surface area contributed by atoms with Gasteiger partial charge in [-0.1, -0.05) is 25.0 Å². The summed E-state index contributed by atoms with van der Waals surface area (Å²) in [7, 11) is 1.70. The highest BCUT2D eigenvalue weighted by atomic mass is 32.1. The predicted octanol–water partition coefficient (Wildman–Crippen LogP) is 4.27. The molecule has 0 aliphatic heterocycles. The Morgan fingerprint density at radius 1 is 1.20 bits per heavy atom. The Labute approximate surface area is 181 Å². The average Bonchev–Trinajstić information content (AvgIpc) is 3.42. The van der Waals surface area contributed by atoms with Gasteiger partial charge in [0.05, 0.1) is 18.8 Å². The van der Waals surface area contributed by atoms with Gasteiger partial charge < -0.3 is 10.1 Å². The van der Waals surface area contributed by atoms with Gasteiger partial charge in [0, 0.05) is 17.0 Å². The van der Waals surface area contributed by atoms with Crippen LogP contribution < -0.4 is 15.6 Å². The molecule has 0 bridgehead atoms. The highest BCUT2D eigenvalue weighted by Crippen LogP contribution is 2.35. The fourth-order valence-electron chi connectivity index (χ4n) is 5.01. The van der Waals surface area contributed by atoms with E-state index in [1.54, 1.807) is 24.8 Å². The number of aromatic nitrogens is 2. The second-order valence-corrected chi connectivity index (χ2v) is 9.65. The number of aryl methyl sites for hydroxylation is 1. The van der Waals surface area contributed by atoms with E-state index in [-0.39, 0.29) is 5.56 Å². The first-order valence-electron chi connectivity index (χ1n) is 11.1. The van der Waals surface area contributed by atoms with Gasteiger partial charge >= 0.3 is 0 Å². The predicted molar refractivity (Wildman–Crippen MR) is 122 cm³/mol. The molecule has 1 fully saturated rings. The molecule has 0 radical (unpaired) electrons. The molecular formula is C24H29N3O2S. The maximum Gasteiger partial charge on any atom is 0.262 e. The number of fused-ring (bicyclic) bond motifs is 3. The zero-order valence-corrected chi connectivity index (χ0v) is 18.3. The fourth-order valence-corrected chi connectivity index (χ4v) is 6.27. The molecule has 0 saturated heterocycles. The number of ether oxygens (including phenoxy) is 1. The Morgan fingerprint density at radius 2 is 2.00 bits per heavy atom. The quantitative estimate of drug-likeness (QED) is 0.643. The first kappa shape index (κ1) is 19.8. The van der Waals surface area contributed by atoms with Crippen LogP contribution in [0.5, 0.6) is 5.75 Å². The van der Waals surface area contributed by atoms with Gasteiger partial charge in [-0.15, -0.1) is 11.3 Å². The van der Waals surface area contributed by atoms with Crippen molar-refractivity contribution in [2.75, 3.05) is 13.7 Å². The van der Waals surface area contributed by atoms with E-state index in [4.69, 9.17) is 4.74 Å². The molecule has 0 amide bonds. The third-order valence-corrected chi connectivity index (χ3v) is 7.88. The molecule has 0 spiro atoms. The summed E-state index contributed by atoms with van der Waals surface area (Å²) < 4.78 is 7.15. The summed E-state index contributed by atoms with van der Waals surface area (Å²) in [4.78, 5) is 20.2. The highest BCUT2D eigenvalue weighted by Gasteiger charge is 2.26. The Hall–Kier alpha value is -2.18. The number of nitrogens with one attached hydrogen (secondary N) is 1. The maximum absolute atomic E-state index is 13.2. The van der Waals surface area contributed by atoms with Crippen LogP contribution in [0.2, 0.25) is 0 Å². The van der Waals surface area contributed by atoms with Crippen LogP contribution in [-0.4, -0.2) is 29.2 Å². The number of hydrogen-bond donors (Lipinski definition) is 1. The van der Waals surface area contributed by atoms with Crippen molar-refractivity contribution in [3.05, 3.63) is 57.0 Å². The zero-order valence-electron chi connectivity index (χ0n) is 17.5. The van der Waals surface area contributed by atoms with Gasteiger partial charge in [0.15, 0.2) is 0 Å². The molecule has 2 heterocycles.